The van der Waals surface area contributed by atoms with E-state index in [1.807, 2.05) is 42.5 Å². The third kappa shape index (κ3) is 3.94. The number of aromatic nitrogens is 1. The predicted octanol–water partition coefficient (Wildman–Crippen LogP) is 1.93. The van der Waals surface area contributed by atoms with Crippen molar-refractivity contribution in [2.24, 2.45) is 0 Å². The number of amides is 3. The molecule has 23 heavy (non-hydrogen) atoms. The van der Waals surface area contributed by atoms with E-state index in [9.17, 15) is 9.59 Å². The van der Waals surface area contributed by atoms with Crippen LogP contribution < -0.4 is 15.4 Å². The van der Waals surface area contributed by atoms with Gasteiger partial charge in [-0.15, -0.1) is 0 Å². The molecule has 1 aromatic carbocycles. The van der Waals surface area contributed by atoms with E-state index in [2.05, 4.69) is 15.6 Å². The van der Waals surface area contributed by atoms with E-state index in [1.165, 1.54) is 0 Å². The van der Waals surface area contributed by atoms with Crippen molar-refractivity contribution in [3.63, 3.8) is 0 Å². The second-order valence-electron chi connectivity index (χ2n) is 4.99. The molecule has 0 bridgehead atoms. The molecule has 1 fully saturated rings. The number of nitrogens with zero attached hydrogens (tertiary/aromatic N) is 1. The molecule has 1 aliphatic heterocycles. The molecule has 2 aromatic rings. The number of pyridine rings is 1. The van der Waals surface area contributed by atoms with E-state index < -0.39 is 11.9 Å². The van der Waals surface area contributed by atoms with Gasteiger partial charge in [0.15, 0.2) is 0 Å². The quantitative estimate of drug-likeness (QED) is 0.653. The average Bonchev–Trinajstić information content (AvgIpc) is 2.90. The van der Waals surface area contributed by atoms with Gasteiger partial charge in [0.25, 0.3) is 5.91 Å². The number of ether oxygens (including phenoxy) is 1. The Balaban J connectivity index is 1.62. The Morgan fingerprint density at radius 2 is 2.00 bits per heavy atom. The summed E-state index contributed by atoms with van der Waals surface area (Å²) in [4.78, 5) is 26.7. The first-order valence-corrected chi connectivity index (χ1v) is 7.15. The second kappa shape index (κ2) is 6.74. The summed E-state index contributed by atoms with van der Waals surface area (Å²) in [6.45, 7) is 0.393. The molecule has 0 radical (unpaired) electrons. The molecule has 116 valence electrons. The fraction of sp³-hybridized carbons (Fsp3) is 0.118. The number of urea groups is 1. The molecule has 0 atom stereocenters. The van der Waals surface area contributed by atoms with Gasteiger partial charge in [0.1, 0.15) is 18.1 Å². The molecule has 0 unspecified atom stereocenters. The number of nitrogens with one attached hydrogen (secondary N) is 2. The fourth-order valence-electron chi connectivity index (χ4n) is 2.15. The Labute approximate surface area is 133 Å². The Bertz CT molecular complexity index is 757. The molecular formula is C17H15N3O3. The lowest BCUT2D eigenvalue weighted by atomic mass is 10.1. The van der Waals surface area contributed by atoms with E-state index in [4.69, 9.17) is 4.74 Å². The number of imide groups is 1. The Hall–Kier alpha value is -3.15. The zero-order valence-electron chi connectivity index (χ0n) is 12.3. The average molecular weight is 309 g/mol. The van der Waals surface area contributed by atoms with Crippen molar-refractivity contribution in [1.82, 2.24) is 15.6 Å². The number of allylic oxidation sites excluding steroid dienone is 1. The highest BCUT2D eigenvalue weighted by molar-refractivity contribution is 6.11. The minimum absolute atomic E-state index is 0.273. The SMILES string of the molecule is O=C1NC(=O)/C(=C\Cc2cccc(OCc3ccccn3)c2)N1. The minimum atomic E-state index is -0.492. The smallest absolute Gasteiger partial charge is 0.326 e. The van der Waals surface area contributed by atoms with Gasteiger partial charge in [-0.25, -0.2) is 4.79 Å². The van der Waals surface area contributed by atoms with Gasteiger partial charge in [-0.2, -0.15) is 0 Å². The fourth-order valence-corrected chi connectivity index (χ4v) is 2.15. The maximum atomic E-state index is 11.4. The second-order valence-corrected chi connectivity index (χ2v) is 4.99. The van der Waals surface area contributed by atoms with E-state index in [-0.39, 0.29) is 5.70 Å². The van der Waals surface area contributed by atoms with Crippen LogP contribution in [0.3, 0.4) is 0 Å². The van der Waals surface area contributed by atoms with E-state index in [1.54, 1.807) is 12.3 Å². The largest absolute Gasteiger partial charge is 0.487 e. The molecular weight excluding hydrogens is 294 g/mol. The summed E-state index contributed by atoms with van der Waals surface area (Å²) in [6, 6.07) is 12.8. The first-order chi connectivity index (χ1) is 11.2. The molecule has 0 aliphatic carbocycles. The van der Waals surface area contributed by atoms with Crippen LogP contribution in [0.1, 0.15) is 11.3 Å². The van der Waals surface area contributed by atoms with Crippen LogP contribution in [0.5, 0.6) is 5.75 Å². The summed E-state index contributed by atoms with van der Waals surface area (Å²) in [5.41, 5.74) is 2.10. The van der Waals surface area contributed by atoms with Crippen molar-refractivity contribution in [2.75, 3.05) is 0 Å². The predicted molar refractivity (Wildman–Crippen MR) is 83.5 cm³/mol. The normalized spacial score (nSPS) is 15.4. The molecule has 2 N–H and O–H groups in total. The van der Waals surface area contributed by atoms with Crippen molar-refractivity contribution >= 4 is 11.9 Å². The van der Waals surface area contributed by atoms with Crippen molar-refractivity contribution < 1.29 is 14.3 Å². The first kappa shape index (κ1) is 14.8. The zero-order valence-corrected chi connectivity index (χ0v) is 12.3. The van der Waals surface area contributed by atoms with Crippen molar-refractivity contribution in [1.29, 1.82) is 0 Å². The van der Waals surface area contributed by atoms with Gasteiger partial charge in [0.2, 0.25) is 0 Å². The highest BCUT2D eigenvalue weighted by Gasteiger charge is 2.22. The number of hydrogen-bond donors (Lipinski definition) is 2. The molecule has 0 spiro atoms. The van der Waals surface area contributed by atoms with E-state index in [0.29, 0.717) is 13.0 Å². The number of carbonyl (C=O) groups excluding carboxylic acids is 2. The summed E-state index contributed by atoms with van der Waals surface area (Å²) < 4.78 is 5.71. The van der Waals surface area contributed by atoms with Crippen molar-refractivity contribution in [3.05, 3.63) is 71.7 Å². The molecule has 6 nitrogen and oxygen atoms in total. The third-order valence-corrected chi connectivity index (χ3v) is 3.27. The van der Waals surface area contributed by atoms with Gasteiger partial charge in [-0.05, 0) is 36.2 Å². The van der Waals surface area contributed by atoms with E-state index >= 15 is 0 Å². The molecule has 1 aromatic heterocycles. The van der Waals surface area contributed by atoms with Gasteiger partial charge >= 0.3 is 6.03 Å². The lowest BCUT2D eigenvalue weighted by Crippen LogP contribution is -2.22. The highest BCUT2D eigenvalue weighted by atomic mass is 16.5. The van der Waals surface area contributed by atoms with Crippen molar-refractivity contribution in [3.8, 4) is 5.75 Å². The summed E-state index contributed by atoms with van der Waals surface area (Å²) in [5.74, 6) is 0.323. The summed E-state index contributed by atoms with van der Waals surface area (Å²) in [5, 5.41) is 4.62. The van der Waals surface area contributed by atoms with Crippen LogP contribution in [-0.2, 0) is 17.8 Å². The molecule has 3 amide bonds. The topological polar surface area (TPSA) is 80.3 Å². The summed E-state index contributed by atoms with van der Waals surface area (Å²) in [6.07, 6.45) is 3.92. The Morgan fingerprint density at radius 1 is 1.09 bits per heavy atom. The van der Waals surface area contributed by atoms with Crippen LogP contribution in [0.25, 0.3) is 0 Å². The molecule has 6 heteroatoms. The number of rotatable bonds is 5. The van der Waals surface area contributed by atoms with Gasteiger partial charge in [-0.1, -0.05) is 24.3 Å². The van der Waals surface area contributed by atoms with Crippen molar-refractivity contribution in [2.45, 2.75) is 13.0 Å². The molecule has 1 saturated heterocycles. The Morgan fingerprint density at radius 3 is 2.74 bits per heavy atom. The molecule has 3 rings (SSSR count). The van der Waals surface area contributed by atoms with Gasteiger partial charge in [0.05, 0.1) is 5.69 Å². The van der Waals surface area contributed by atoms with Crippen LogP contribution in [0.2, 0.25) is 0 Å². The lowest BCUT2D eigenvalue weighted by molar-refractivity contribution is -0.115. The van der Waals surface area contributed by atoms with Crippen LogP contribution in [0.15, 0.2) is 60.4 Å². The highest BCUT2D eigenvalue weighted by Crippen LogP contribution is 2.16. The monoisotopic (exact) mass is 309 g/mol. The maximum Gasteiger partial charge on any atom is 0.326 e. The van der Waals surface area contributed by atoms with Gasteiger partial charge < -0.3 is 10.1 Å². The number of benzene rings is 1. The van der Waals surface area contributed by atoms with Crippen LogP contribution in [0.4, 0.5) is 4.79 Å². The Kier molecular flexibility index (Phi) is 4.33. The maximum absolute atomic E-state index is 11.4. The number of hydrogen-bond acceptors (Lipinski definition) is 4. The first-order valence-electron chi connectivity index (χ1n) is 7.15. The van der Waals surface area contributed by atoms with Gasteiger partial charge in [0, 0.05) is 6.20 Å². The van der Waals surface area contributed by atoms with Crippen LogP contribution in [-0.4, -0.2) is 16.9 Å². The van der Waals surface area contributed by atoms with E-state index in [0.717, 1.165) is 17.0 Å². The standard InChI is InChI=1S/C17H15N3O3/c21-16-15(19-17(22)20-16)8-7-12-4-3-6-14(10-12)23-11-13-5-1-2-9-18-13/h1-6,8-10H,7,11H2,(H2,19,20,21,22)/b15-8+. The van der Waals surface area contributed by atoms with Crippen LogP contribution >= 0.6 is 0 Å². The lowest BCUT2D eigenvalue weighted by Gasteiger charge is -2.07. The minimum Gasteiger partial charge on any atom is -0.487 e. The van der Waals surface area contributed by atoms with Gasteiger partial charge in [-0.3, -0.25) is 15.1 Å². The summed E-state index contributed by atoms with van der Waals surface area (Å²) >= 11 is 0. The molecule has 0 saturated carbocycles. The summed E-state index contributed by atoms with van der Waals surface area (Å²) in [7, 11) is 0. The van der Waals surface area contributed by atoms with Crippen LogP contribution in [0, 0.1) is 0 Å². The third-order valence-electron chi connectivity index (χ3n) is 3.27. The molecule has 2 heterocycles. The molecule has 1 aliphatic rings. The zero-order chi connectivity index (χ0) is 16.1. The number of carbonyl (C=O) groups is 2.